The predicted octanol–water partition coefficient (Wildman–Crippen LogP) is 2.72. The summed E-state index contributed by atoms with van der Waals surface area (Å²) in [5, 5.41) is 13.8. The molecule has 1 aliphatic carbocycles. The van der Waals surface area contributed by atoms with Crippen molar-refractivity contribution >= 4 is 11.4 Å². The first-order valence-corrected chi connectivity index (χ1v) is 6.44. The zero-order valence-electron chi connectivity index (χ0n) is 10.9. The molecule has 1 saturated carbocycles. The molecule has 3 N–H and O–H groups in total. The minimum absolute atomic E-state index is 0.186. The summed E-state index contributed by atoms with van der Waals surface area (Å²) in [4.78, 5) is 10.1. The van der Waals surface area contributed by atoms with Crippen LogP contribution in [-0.2, 0) is 0 Å². The molecule has 0 aromatic heterocycles. The molecule has 104 valence electrons. The molecule has 0 bridgehead atoms. The van der Waals surface area contributed by atoms with Gasteiger partial charge < -0.3 is 11.1 Å². The highest BCUT2D eigenvalue weighted by Crippen LogP contribution is 2.28. The van der Waals surface area contributed by atoms with Gasteiger partial charge in [0.05, 0.1) is 16.7 Å². The van der Waals surface area contributed by atoms with Crippen molar-refractivity contribution < 1.29 is 9.31 Å². The third kappa shape index (κ3) is 3.20. The molecule has 1 aromatic carbocycles. The largest absolute Gasteiger partial charge is 0.380 e. The standard InChI is InChI=1S/C13H18FN3O2/c1-8-6-12(11(14)7-13(8)17(18)19)16-10-4-2-9(15)3-5-10/h6-7,9-10,16H,2-5,15H2,1H3. The minimum atomic E-state index is -0.577. The van der Waals surface area contributed by atoms with E-state index in [1.54, 1.807) is 6.92 Å². The number of aryl methyl sites for hydroxylation is 1. The summed E-state index contributed by atoms with van der Waals surface area (Å²) in [6.45, 7) is 1.61. The first-order valence-electron chi connectivity index (χ1n) is 6.44. The highest BCUT2D eigenvalue weighted by Gasteiger charge is 2.21. The Bertz CT molecular complexity index is 485. The monoisotopic (exact) mass is 267 g/mol. The van der Waals surface area contributed by atoms with Crippen molar-refractivity contribution in [2.24, 2.45) is 5.73 Å². The number of hydrogen-bond donors (Lipinski definition) is 2. The molecule has 0 saturated heterocycles. The molecule has 0 atom stereocenters. The molecule has 1 fully saturated rings. The van der Waals surface area contributed by atoms with Gasteiger partial charge in [0.2, 0.25) is 0 Å². The fourth-order valence-corrected chi connectivity index (χ4v) is 2.46. The van der Waals surface area contributed by atoms with E-state index in [2.05, 4.69) is 5.32 Å². The Morgan fingerprint density at radius 3 is 2.58 bits per heavy atom. The van der Waals surface area contributed by atoms with Crippen LogP contribution in [0.4, 0.5) is 15.8 Å². The van der Waals surface area contributed by atoms with E-state index in [0.717, 1.165) is 31.7 Å². The molecule has 19 heavy (non-hydrogen) atoms. The second kappa shape index (κ2) is 5.52. The third-order valence-electron chi connectivity index (χ3n) is 3.61. The van der Waals surface area contributed by atoms with E-state index in [1.807, 2.05) is 0 Å². The Kier molecular flexibility index (Phi) is 3.99. The van der Waals surface area contributed by atoms with Crippen LogP contribution in [0.15, 0.2) is 12.1 Å². The normalized spacial score (nSPS) is 23.1. The predicted molar refractivity (Wildman–Crippen MR) is 71.6 cm³/mol. The Balaban J connectivity index is 2.13. The van der Waals surface area contributed by atoms with E-state index < -0.39 is 10.7 Å². The Morgan fingerprint density at radius 1 is 1.37 bits per heavy atom. The first-order chi connectivity index (χ1) is 8.97. The van der Waals surface area contributed by atoms with E-state index in [-0.39, 0.29) is 17.8 Å². The van der Waals surface area contributed by atoms with Gasteiger partial charge in [0, 0.05) is 17.6 Å². The van der Waals surface area contributed by atoms with Gasteiger partial charge in [-0.2, -0.15) is 0 Å². The van der Waals surface area contributed by atoms with Crippen LogP contribution in [-0.4, -0.2) is 17.0 Å². The van der Waals surface area contributed by atoms with E-state index >= 15 is 0 Å². The minimum Gasteiger partial charge on any atom is -0.380 e. The highest BCUT2D eigenvalue weighted by molar-refractivity contribution is 5.55. The third-order valence-corrected chi connectivity index (χ3v) is 3.61. The molecule has 0 amide bonds. The summed E-state index contributed by atoms with van der Waals surface area (Å²) < 4.78 is 13.8. The van der Waals surface area contributed by atoms with Crippen LogP contribution in [0.3, 0.4) is 0 Å². The summed E-state index contributed by atoms with van der Waals surface area (Å²) in [7, 11) is 0. The van der Waals surface area contributed by atoms with E-state index in [9.17, 15) is 14.5 Å². The van der Waals surface area contributed by atoms with Crippen molar-refractivity contribution in [3.63, 3.8) is 0 Å². The van der Waals surface area contributed by atoms with Crippen molar-refractivity contribution in [2.45, 2.75) is 44.7 Å². The second-order valence-electron chi connectivity index (χ2n) is 5.13. The van der Waals surface area contributed by atoms with E-state index in [1.165, 1.54) is 6.07 Å². The number of halogens is 1. The maximum Gasteiger partial charge on any atom is 0.275 e. The van der Waals surface area contributed by atoms with Gasteiger partial charge in [0.15, 0.2) is 5.82 Å². The van der Waals surface area contributed by atoms with Gasteiger partial charge in [0.25, 0.3) is 5.69 Å². The second-order valence-corrected chi connectivity index (χ2v) is 5.13. The van der Waals surface area contributed by atoms with Crippen LogP contribution in [0, 0.1) is 22.9 Å². The maximum absolute atomic E-state index is 13.8. The van der Waals surface area contributed by atoms with Crippen LogP contribution < -0.4 is 11.1 Å². The van der Waals surface area contributed by atoms with Gasteiger partial charge in [-0.05, 0) is 38.7 Å². The lowest BCUT2D eigenvalue weighted by Crippen LogP contribution is -2.33. The number of nitrogens with two attached hydrogens (primary N) is 1. The molecule has 0 aliphatic heterocycles. The molecule has 0 spiro atoms. The molecular formula is C13H18FN3O2. The quantitative estimate of drug-likeness (QED) is 0.651. The molecule has 0 radical (unpaired) electrons. The van der Waals surface area contributed by atoms with Crippen molar-refractivity contribution in [1.29, 1.82) is 0 Å². The smallest absolute Gasteiger partial charge is 0.275 e. The number of hydrogen-bond acceptors (Lipinski definition) is 4. The number of nitro groups is 1. The van der Waals surface area contributed by atoms with Crippen LogP contribution in [0.2, 0.25) is 0 Å². The van der Waals surface area contributed by atoms with Gasteiger partial charge in [-0.15, -0.1) is 0 Å². The number of anilines is 1. The SMILES string of the molecule is Cc1cc(NC2CCC(N)CC2)c(F)cc1[N+](=O)[O-]. The zero-order chi connectivity index (χ0) is 14.0. The average Bonchev–Trinajstić information content (AvgIpc) is 2.35. The summed E-state index contributed by atoms with van der Waals surface area (Å²) in [5.41, 5.74) is 6.43. The molecule has 1 aromatic rings. The summed E-state index contributed by atoms with van der Waals surface area (Å²) in [6, 6.07) is 2.91. The lowest BCUT2D eigenvalue weighted by molar-refractivity contribution is -0.385. The molecule has 0 heterocycles. The van der Waals surface area contributed by atoms with Crippen molar-refractivity contribution in [1.82, 2.24) is 0 Å². The van der Waals surface area contributed by atoms with E-state index in [4.69, 9.17) is 5.73 Å². The lowest BCUT2D eigenvalue weighted by atomic mass is 9.91. The Labute approximate surface area is 111 Å². The average molecular weight is 267 g/mol. The molecule has 5 nitrogen and oxygen atoms in total. The van der Waals surface area contributed by atoms with Crippen LogP contribution in [0.25, 0.3) is 0 Å². The van der Waals surface area contributed by atoms with Gasteiger partial charge in [-0.3, -0.25) is 10.1 Å². The molecule has 6 heteroatoms. The fourth-order valence-electron chi connectivity index (χ4n) is 2.46. The van der Waals surface area contributed by atoms with Crippen molar-refractivity contribution in [2.75, 3.05) is 5.32 Å². The molecule has 0 unspecified atom stereocenters. The van der Waals surface area contributed by atoms with Crippen molar-refractivity contribution in [3.8, 4) is 0 Å². The summed E-state index contributed by atoms with van der Waals surface area (Å²) >= 11 is 0. The fraction of sp³-hybridized carbons (Fsp3) is 0.538. The highest BCUT2D eigenvalue weighted by atomic mass is 19.1. The van der Waals surface area contributed by atoms with Crippen LogP contribution >= 0.6 is 0 Å². The molecule has 1 aliphatic rings. The number of nitrogens with zero attached hydrogens (tertiary/aromatic N) is 1. The van der Waals surface area contributed by atoms with Crippen LogP contribution in [0.1, 0.15) is 31.2 Å². The summed E-state index contributed by atoms with van der Waals surface area (Å²) in [5.74, 6) is -0.577. The van der Waals surface area contributed by atoms with Gasteiger partial charge >= 0.3 is 0 Å². The number of nitro benzene ring substituents is 1. The van der Waals surface area contributed by atoms with Crippen molar-refractivity contribution in [3.05, 3.63) is 33.6 Å². The summed E-state index contributed by atoms with van der Waals surface area (Å²) in [6.07, 6.45) is 3.64. The zero-order valence-corrected chi connectivity index (χ0v) is 10.9. The van der Waals surface area contributed by atoms with Gasteiger partial charge in [-0.1, -0.05) is 0 Å². The Hall–Kier alpha value is -1.69. The molecule has 2 rings (SSSR count). The number of benzene rings is 1. The Morgan fingerprint density at radius 2 is 2.00 bits per heavy atom. The topological polar surface area (TPSA) is 81.2 Å². The lowest BCUT2D eigenvalue weighted by Gasteiger charge is -2.27. The molecular weight excluding hydrogens is 249 g/mol. The number of rotatable bonds is 3. The van der Waals surface area contributed by atoms with Gasteiger partial charge in [-0.25, -0.2) is 4.39 Å². The van der Waals surface area contributed by atoms with Gasteiger partial charge in [0.1, 0.15) is 0 Å². The van der Waals surface area contributed by atoms with E-state index in [0.29, 0.717) is 11.3 Å². The van der Waals surface area contributed by atoms with Crippen LogP contribution in [0.5, 0.6) is 0 Å². The number of nitrogens with one attached hydrogen (secondary N) is 1. The maximum atomic E-state index is 13.8. The first kappa shape index (κ1) is 13.7.